The molecule has 1 unspecified atom stereocenters. The van der Waals surface area contributed by atoms with Gasteiger partial charge in [-0.2, -0.15) is 0 Å². The first-order valence-corrected chi connectivity index (χ1v) is 7.54. The van der Waals surface area contributed by atoms with Crippen molar-refractivity contribution in [3.05, 3.63) is 23.8 Å². The van der Waals surface area contributed by atoms with Crippen molar-refractivity contribution < 1.29 is 17.2 Å². The minimum absolute atomic E-state index is 0.204. The third-order valence-corrected chi connectivity index (χ3v) is 4.84. The van der Waals surface area contributed by atoms with Gasteiger partial charge in [-0.1, -0.05) is 6.92 Å². The van der Waals surface area contributed by atoms with Crippen LogP contribution >= 0.6 is 0 Å². The van der Waals surface area contributed by atoms with Crippen LogP contribution in [0.2, 0.25) is 0 Å². The molecule has 4 nitrogen and oxygen atoms in total. The molecule has 0 aromatic heterocycles. The van der Waals surface area contributed by atoms with E-state index in [0.29, 0.717) is 5.92 Å². The van der Waals surface area contributed by atoms with E-state index >= 15 is 0 Å². The molecule has 1 saturated carbocycles. The van der Waals surface area contributed by atoms with E-state index in [2.05, 4.69) is 4.72 Å². The molecule has 7 heteroatoms. The standard InChI is InChI=1S/C12H16F2N2O2S/c1-7(8-2-3-8)6-16-19(17,18)10-5-4-9(13)12(15)11(10)14/h4-5,7-8,16H,2-3,6,15H2,1H3. The van der Waals surface area contributed by atoms with Gasteiger partial charge >= 0.3 is 0 Å². The van der Waals surface area contributed by atoms with E-state index in [4.69, 9.17) is 5.73 Å². The van der Waals surface area contributed by atoms with Gasteiger partial charge in [-0.3, -0.25) is 0 Å². The summed E-state index contributed by atoms with van der Waals surface area (Å²) in [6, 6.07) is 1.72. The van der Waals surface area contributed by atoms with E-state index in [1.165, 1.54) is 0 Å². The van der Waals surface area contributed by atoms with Crippen molar-refractivity contribution in [1.29, 1.82) is 0 Å². The molecule has 1 atom stereocenters. The fourth-order valence-corrected chi connectivity index (χ4v) is 3.14. The largest absolute Gasteiger partial charge is 0.394 e. The smallest absolute Gasteiger partial charge is 0.243 e. The number of hydrogen-bond donors (Lipinski definition) is 2. The zero-order valence-electron chi connectivity index (χ0n) is 10.5. The highest BCUT2D eigenvalue weighted by atomic mass is 32.2. The van der Waals surface area contributed by atoms with Gasteiger partial charge in [0.25, 0.3) is 0 Å². The molecular weight excluding hydrogens is 274 g/mol. The molecule has 1 fully saturated rings. The second-order valence-corrected chi connectivity index (χ2v) is 6.68. The van der Waals surface area contributed by atoms with Gasteiger partial charge in [0.1, 0.15) is 16.4 Å². The Labute approximate surface area is 111 Å². The van der Waals surface area contributed by atoms with Gasteiger partial charge in [0, 0.05) is 6.54 Å². The zero-order valence-corrected chi connectivity index (χ0v) is 11.3. The first-order valence-electron chi connectivity index (χ1n) is 6.06. The van der Waals surface area contributed by atoms with Gasteiger partial charge in [0.05, 0.1) is 0 Å². The molecule has 0 spiro atoms. The summed E-state index contributed by atoms with van der Waals surface area (Å²) in [7, 11) is -4.00. The molecule has 0 saturated heterocycles. The fourth-order valence-electron chi connectivity index (χ4n) is 1.91. The first kappa shape index (κ1) is 14.2. The molecule has 0 amide bonds. The number of nitrogens with two attached hydrogens (primary N) is 1. The minimum atomic E-state index is -4.00. The van der Waals surface area contributed by atoms with E-state index in [9.17, 15) is 17.2 Å². The van der Waals surface area contributed by atoms with Crippen LogP contribution in [-0.2, 0) is 10.0 Å². The third-order valence-electron chi connectivity index (χ3n) is 3.40. The lowest BCUT2D eigenvalue weighted by molar-refractivity contribution is 0.488. The zero-order chi connectivity index (χ0) is 14.2. The highest BCUT2D eigenvalue weighted by Crippen LogP contribution is 2.36. The minimum Gasteiger partial charge on any atom is -0.394 e. The Morgan fingerprint density at radius 2 is 2.05 bits per heavy atom. The highest BCUT2D eigenvalue weighted by Gasteiger charge is 2.29. The SMILES string of the molecule is CC(CNS(=O)(=O)c1ccc(F)c(N)c1F)C1CC1. The van der Waals surface area contributed by atoms with Crippen LogP contribution < -0.4 is 10.5 Å². The number of sulfonamides is 1. The Morgan fingerprint density at radius 1 is 1.42 bits per heavy atom. The van der Waals surface area contributed by atoms with E-state index in [1.54, 1.807) is 0 Å². The van der Waals surface area contributed by atoms with Crippen molar-refractivity contribution in [3.63, 3.8) is 0 Å². The number of benzene rings is 1. The van der Waals surface area contributed by atoms with Crippen molar-refractivity contribution in [2.75, 3.05) is 12.3 Å². The number of hydrogen-bond acceptors (Lipinski definition) is 3. The molecule has 1 aromatic carbocycles. The summed E-state index contributed by atoms with van der Waals surface area (Å²) in [6.07, 6.45) is 2.20. The van der Waals surface area contributed by atoms with Crippen molar-refractivity contribution in [2.24, 2.45) is 11.8 Å². The number of halogens is 2. The Hall–Kier alpha value is -1.21. The summed E-state index contributed by atoms with van der Waals surface area (Å²) >= 11 is 0. The molecule has 2 rings (SSSR count). The van der Waals surface area contributed by atoms with E-state index < -0.39 is 32.2 Å². The lowest BCUT2D eigenvalue weighted by atomic mass is 10.1. The molecule has 1 aliphatic carbocycles. The summed E-state index contributed by atoms with van der Waals surface area (Å²) in [5.74, 6) is -1.48. The number of anilines is 1. The predicted octanol–water partition coefficient (Wildman–Crippen LogP) is 1.87. The topological polar surface area (TPSA) is 72.2 Å². The second kappa shape index (κ2) is 5.05. The Balaban J connectivity index is 2.17. The van der Waals surface area contributed by atoms with E-state index in [0.717, 1.165) is 25.0 Å². The maximum Gasteiger partial charge on any atom is 0.243 e. The average molecular weight is 290 g/mol. The van der Waals surface area contributed by atoms with Gasteiger partial charge in [-0.25, -0.2) is 21.9 Å². The van der Waals surface area contributed by atoms with Crippen LogP contribution in [0.5, 0.6) is 0 Å². The Bertz CT molecular complexity index is 586. The van der Waals surface area contributed by atoms with Crippen LogP contribution in [-0.4, -0.2) is 15.0 Å². The molecule has 106 valence electrons. The molecule has 0 bridgehead atoms. The van der Waals surface area contributed by atoms with Gasteiger partial charge < -0.3 is 5.73 Å². The Morgan fingerprint density at radius 3 is 2.63 bits per heavy atom. The van der Waals surface area contributed by atoms with Crippen molar-refractivity contribution in [1.82, 2.24) is 4.72 Å². The third kappa shape index (κ3) is 3.03. The molecule has 0 heterocycles. The predicted molar refractivity (Wildman–Crippen MR) is 67.8 cm³/mol. The van der Waals surface area contributed by atoms with Crippen LogP contribution in [0.1, 0.15) is 19.8 Å². The molecule has 0 aliphatic heterocycles. The van der Waals surface area contributed by atoms with Gasteiger partial charge in [-0.05, 0) is 36.8 Å². The van der Waals surface area contributed by atoms with Gasteiger partial charge in [0.15, 0.2) is 5.82 Å². The van der Waals surface area contributed by atoms with Crippen LogP contribution in [0, 0.1) is 23.5 Å². The maximum absolute atomic E-state index is 13.7. The molecule has 3 N–H and O–H groups in total. The second-order valence-electron chi connectivity index (χ2n) is 4.94. The Kier molecular flexibility index (Phi) is 3.78. The monoisotopic (exact) mass is 290 g/mol. The highest BCUT2D eigenvalue weighted by molar-refractivity contribution is 7.89. The normalized spacial score (nSPS) is 17.4. The number of rotatable bonds is 5. The lowest BCUT2D eigenvalue weighted by Crippen LogP contribution is -2.30. The van der Waals surface area contributed by atoms with E-state index in [1.807, 2.05) is 6.92 Å². The van der Waals surface area contributed by atoms with Crippen molar-refractivity contribution >= 4 is 15.7 Å². The summed E-state index contributed by atoms with van der Waals surface area (Å²) in [5.41, 5.74) is 4.37. The number of nitrogens with one attached hydrogen (secondary N) is 1. The average Bonchev–Trinajstić information content (AvgIpc) is 3.17. The quantitative estimate of drug-likeness (QED) is 0.813. The van der Waals surface area contributed by atoms with Crippen molar-refractivity contribution in [3.8, 4) is 0 Å². The fraction of sp³-hybridized carbons (Fsp3) is 0.500. The first-order chi connectivity index (χ1) is 8.83. The van der Waals surface area contributed by atoms with Crippen LogP contribution in [0.15, 0.2) is 17.0 Å². The molecular formula is C12H16F2N2O2S. The van der Waals surface area contributed by atoms with E-state index in [-0.39, 0.29) is 12.5 Å². The van der Waals surface area contributed by atoms with Crippen LogP contribution in [0.4, 0.5) is 14.5 Å². The summed E-state index contributed by atoms with van der Waals surface area (Å²) in [6.45, 7) is 2.18. The van der Waals surface area contributed by atoms with Crippen LogP contribution in [0.3, 0.4) is 0 Å². The summed E-state index contributed by atoms with van der Waals surface area (Å²) < 4.78 is 52.9. The number of nitrogen functional groups attached to an aromatic ring is 1. The molecule has 1 aromatic rings. The molecule has 0 radical (unpaired) electrons. The summed E-state index contributed by atoms with van der Waals surface area (Å²) in [4.78, 5) is -0.616. The van der Waals surface area contributed by atoms with Crippen molar-refractivity contribution in [2.45, 2.75) is 24.7 Å². The molecule has 19 heavy (non-hydrogen) atoms. The lowest BCUT2D eigenvalue weighted by Gasteiger charge is -2.13. The van der Waals surface area contributed by atoms with Gasteiger partial charge in [-0.15, -0.1) is 0 Å². The van der Waals surface area contributed by atoms with Gasteiger partial charge in [0.2, 0.25) is 10.0 Å². The summed E-state index contributed by atoms with van der Waals surface area (Å²) in [5, 5.41) is 0. The molecule has 1 aliphatic rings. The van der Waals surface area contributed by atoms with Crippen LogP contribution in [0.25, 0.3) is 0 Å². The maximum atomic E-state index is 13.7.